The third-order valence-electron chi connectivity index (χ3n) is 4.33. The zero-order chi connectivity index (χ0) is 17.2. The fourth-order valence-corrected chi connectivity index (χ4v) is 3.04. The molecule has 24 heavy (non-hydrogen) atoms. The molecular weight excluding hydrogens is 310 g/mol. The number of rotatable bonds is 4. The molecule has 0 saturated heterocycles. The second-order valence-corrected chi connectivity index (χ2v) is 5.95. The lowest BCUT2D eigenvalue weighted by atomic mass is 9.95. The lowest BCUT2D eigenvalue weighted by molar-refractivity contribution is 0.0600. The van der Waals surface area contributed by atoms with E-state index in [1.807, 2.05) is 0 Å². The van der Waals surface area contributed by atoms with Crippen LogP contribution in [-0.4, -0.2) is 29.1 Å². The van der Waals surface area contributed by atoms with E-state index in [0.717, 1.165) is 25.7 Å². The summed E-state index contributed by atoms with van der Waals surface area (Å²) in [5.74, 6) is 0.345. The number of aryl methyl sites for hydroxylation is 1. The maximum absolute atomic E-state index is 12.6. The van der Waals surface area contributed by atoms with Crippen molar-refractivity contribution in [2.75, 3.05) is 7.11 Å². The monoisotopic (exact) mass is 329 g/mol. The summed E-state index contributed by atoms with van der Waals surface area (Å²) in [6.45, 7) is 1.73. The van der Waals surface area contributed by atoms with Gasteiger partial charge in [-0.15, -0.1) is 0 Å². The first-order valence-corrected chi connectivity index (χ1v) is 7.86. The highest BCUT2D eigenvalue weighted by atomic mass is 16.5. The van der Waals surface area contributed by atoms with Gasteiger partial charge in [0.25, 0.3) is 5.91 Å². The zero-order valence-corrected chi connectivity index (χ0v) is 13.7. The minimum absolute atomic E-state index is 0.226. The highest BCUT2D eigenvalue weighted by Crippen LogP contribution is 2.37. The molecule has 1 aromatic carbocycles. The van der Waals surface area contributed by atoms with Crippen molar-refractivity contribution in [1.82, 2.24) is 15.5 Å². The van der Waals surface area contributed by atoms with Gasteiger partial charge in [-0.1, -0.05) is 18.0 Å². The minimum atomic E-state index is -0.587. The predicted octanol–water partition coefficient (Wildman–Crippen LogP) is 2.36. The van der Waals surface area contributed by atoms with E-state index in [-0.39, 0.29) is 5.91 Å². The van der Waals surface area contributed by atoms with Crippen LogP contribution in [0.1, 0.15) is 58.1 Å². The van der Waals surface area contributed by atoms with Crippen LogP contribution in [0.25, 0.3) is 0 Å². The normalized spacial score (nSPS) is 15.9. The fourth-order valence-electron chi connectivity index (χ4n) is 3.04. The maximum Gasteiger partial charge on any atom is 0.337 e. The van der Waals surface area contributed by atoms with Crippen LogP contribution < -0.4 is 5.32 Å². The maximum atomic E-state index is 12.6. The standard InChI is InChI=1S/C17H19N3O4/c1-11-18-16(20-24-11)17(9-3-4-10-17)19-14(21)12-5-7-13(8-6-12)15(22)23-2/h5-8H,3-4,9-10H2,1-2H3,(H,19,21). The van der Waals surface area contributed by atoms with Gasteiger partial charge in [-0.05, 0) is 37.1 Å². The van der Waals surface area contributed by atoms with Gasteiger partial charge in [0.1, 0.15) is 5.54 Å². The van der Waals surface area contributed by atoms with Crippen LogP contribution in [0.5, 0.6) is 0 Å². The Kier molecular flexibility index (Phi) is 4.33. The molecule has 0 atom stereocenters. The van der Waals surface area contributed by atoms with Crippen molar-refractivity contribution in [3.8, 4) is 0 Å². The first kappa shape index (κ1) is 16.2. The number of amides is 1. The van der Waals surface area contributed by atoms with E-state index in [0.29, 0.717) is 22.8 Å². The molecule has 1 aromatic heterocycles. The highest BCUT2D eigenvalue weighted by Gasteiger charge is 2.41. The van der Waals surface area contributed by atoms with Crippen LogP contribution in [0.4, 0.5) is 0 Å². The second-order valence-electron chi connectivity index (χ2n) is 5.95. The number of hydrogen-bond acceptors (Lipinski definition) is 6. The van der Waals surface area contributed by atoms with Crippen molar-refractivity contribution < 1.29 is 18.8 Å². The summed E-state index contributed by atoms with van der Waals surface area (Å²) in [4.78, 5) is 28.4. The lowest BCUT2D eigenvalue weighted by Crippen LogP contribution is -2.44. The number of esters is 1. The first-order valence-electron chi connectivity index (χ1n) is 7.86. The quantitative estimate of drug-likeness (QED) is 0.865. The largest absolute Gasteiger partial charge is 0.465 e. The van der Waals surface area contributed by atoms with E-state index in [1.165, 1.54) is 7.11 Å². The van der Waals surface area contributed by atoms with Crippen molar-refractivity contribution in [3.63, 3.8) is 0 Å². The molecule has 0 aliphatic heterocycles. The summed E-state index contributed by atoms with van der Waals surface area (Å²) in [6, 6.07) is 6.35. The summed E-state index contributed by atoms with van der Waals surface area (Å²) in [5.41, 5.74) is 0.281. The molecule has 3 rings (SSSR count). The Bertz CT molecular complexity index is 745. The van der Waals surface area contributed by atoms with E-state index in [4.69, 9.17) is 4.52 Å². The molecule has 1 aliphatic carbocycles. The molecule has 1 N–H and O–H groups in total. The van der Waals surface area contributed by atoms with Crippen molar-refractivity contribution >= 4 is 11.9 Å². The number of carbonyl (C=O) groups is 2. The van der Waals surface area contributed by atoms with Crippen LogP contribution >= 0.6 is 0 Å². The number of nitrogens with one attached hydrogen (secondary N) is 1. The van der Waals surface area contributed by atoms with Gasteiger partial charge < -0.3 is 14.6 Å². The predicted molar refractivity (Wildman–Crippen MR) is 84.4 cm³/mol. The SMILES string of the molecule is COC(=O)c1ccc(C(=O)NC2(c3noc(C)n3)CCCC2)cc1. The van der Waals surface area contributed by atoms with Crippen LogP contribution in [0.15, 0.2) is 28.8 Å². The first-order chi connectivity index (χ1) is 11.5. The Morgan fingerprint density at radius 1 is 1.17 bits per heavy atom. The van der Waals surface area contributed by atoms with Crippen molar-refractivity contribution in [3.05, 3.63) is 47.1 Å². The van der Waals surface area contributed by atoms with Gasteiger partial charge >= 0.3 is 5.97 Å². The van der Waals surface area contributed by atoms with E-state index in [2.05, 4.69) is 20.2 Å². The van der Waals surface area contributed by atoms with Gasteiger partial charge in [0.2, 0.25) is 5.89 Å². The minimum Gasteiger partial charge on any atom is -0.465 e. The molecule has 2 aromatic rings. The molecule has 1 saturated carbocycles. The van der Waals surface area contributed by atoms with Crippen LogP contribution in [-0.2, 0) is 10.3 Å². The van der Waals surface area contributed by atoms with E-state index in [9.17, 15) is 9.59 Å². The molecular formula is C17H19N3O4. The second kappa shape index (κ2) is 6.43. The third-order valence-corrected chi connectivity index (χ3v) is 4.33. The number of carbonyl (C=O) groups excluding carboxylic acids is 2. The Labute approximate surface area is 139 Å². The number of hydrogen-bond donors (Lipinski definition) is 1. The highest BCUT2D eigenvalue weighted by molar-refractivity contribution is 5.96. The summed E-state index contributed by atoms with van der Waals surface area (Å²) >= 11 is 0. The van der Waals surface area contributed by atoms with Crippen molar-refractivity contribution in [2.45, 2.75) is 38.1 Å². The van der Waals surface area contributed by atoms with Gasteiger partial charge in [0, 0.05) is 12.5 Å². The summed E-state index contributed by atoms with van der Waals surface area (Å²) in [7, 11) is 1.32. The molecule has 0 radical (unpaired) electrons. The van der Waals surface area contributed by atoms with E-state index < -0.39 is 11.5 Å². The third kappa shape index (κ3) is 3.02. The summed E-state index contributed by atoms with van der Waals surface area (Å²) < 4.78 is 9.73. The lowest BCUT2D eigenvalue weighted by Gasteiger charge is -2.26. The van der Waals surface area contributed by atoms with Crippen molar-refractivity contribution in [2.24, 2.45) is 0 Å². The smallest absolute Gasteiger partial charge is 0.337 e. The topological polar surface area (TPSA) is 94.3 Å². The molecule has 1 aliphatic rings. The van der Waals surface area contributed by atoms with Crippen LogP contribution in [0, 0.1) is 6.92 Å². The summed E-state index contributed by atoms with van der Waals surface area (Å²) in [5, 5.41) is 7.06. The molecule has 1 heterocycles. The average Bonchev–Trinajstić information content (AvgIpc) is 3.24. The van der Waals surface area contributed by atoms with Gasteiger partial charge in [0.15, 0.2) is 5.82 Å². The summed E-state index contributed by atoms with van der Waals surface area (Å²) in [6.07, 6.45) is 3.54. The molecule has 1 fully saturated rings. The van der Waals surface area contributed by atoms with E-state index in [1.54, 1.807) is 31.2 Å². The molecule has 126 valence electrons. The zero-order valence-electron chi connectivity index (χ0n) is 13.7. The van der Waals surface area contributed by atoms with Crippen LogP contribution in [0.2, 0.25) is 0 Å². The molecule has 7 heteroatoms. The molecule has 7 nitrogen and oxygen atoms in total. The molecule has 0 spiro atoms. The average molecular weight is 329 g/mol. The van der Waals surface area contributed by atoms with Gasteiger partial charge in [-0.25, -0.2) is 4.79 Å². The molecule has 1 amide bonds. The Morgan fingerprint density at radius 2 is 1.79 bits per heavy atom. The van der Waals surface area contributed by atoms with Gasteiger partial charge in [-0.3, -0.25) is 4.79 Å². The Hall–Kier alpha value is -2.70. The number of benzene rings is 1. The Balaban J connectivity index is 1.80. The molecule has 0 unspecified atom stereocenters. The van der Waals surface area contributed by atoms with E-state index >= 15 is 0 Å². The number of aromatic nitrogens is 2. The van der Waals surface area contributed by atoms with Gasteiger partial charge in [-0.2, -0.15) is 4.98 Å². The molecule has 0 bridgehead atoms. The fraction of sp³-hybridized carbons (Fsp3) is 0.412. The number of nitrogens with zero attached hydrogens (tertiary/aromatic N) is 2. The Morgan fingerprint density at radius 3 is 2.33 bits per heavy atom. The van der Waals surface area contributed by atoms with Crippen molar-refractivity contribution in [1.29, 1.82) is 0 Å². The number of methoxy groups -OCH3 is 1. The van der Waals surface area contributed by atoms with Crippen LogP contribution in [0.3, 0.4) is 0 Å². The number of ether oxygens (including phenoxy) is 1. The van der Waals surface area contributed by atoms with Gasteiger partial charge in [0.05, 0.1) is 12.7 Å².